The van der Waals surface area contributed by atoms with Crippen LogP contribution in [0.25, 0.3) is 10.8 Å². The third kappa shape index (κ3) is 1.36. The van der Waals surface area contributed by atoms with Crippen LogP contribution in [0.3, 0.4) is 0 Å². The fourth-order valence-electron chi connectivity index (χ4n) is 2.05. The van der Waals surface area contributed by atoms with Gasteiger partial charge in [-0.05, 0) is 42.0 Å². The molecule has 3 rings (SSSR count). The van der Waals surface area contributed by atoms with Gasteiger partial charge in [-0.15, -0.1) is 0 Å². The van der Waals surface area contributed by atoms with Crippen LogP contribution >= 0.6 is 0 Å². The number of hydrogen-bond acceptors (Lipinski definition) is 3. The van der Waals surface area contributed by atoms with E-state index in [-0.39, 0.29) is 5.54 Å². The Hall–Kier alpha value is -1.61. The van der Waals surface area contributed by atoms with E-state index in [1.807, 2.05) is 12.1 Å². The van der Waals surface area contributed by atoms with Gasteiger partial charge < -0.3 is 10.5 Å². The van der Waals surface area contributed by atoms with Crippen LogP contribution in [0, 0.1) is 0 Å². The first-order chi connectivity index (χ1) is 7.73. The molecule has 0 radical (unpaired) electrons. The molecule has 3 heteroatoms. The van der Waals surface area contributed by atoms with Gasteiger partial charge in [0.2, 0.25) is 5.88 Å². The molecule has 1 saturated carbocycles. The van der Waals surface area contributed by atoms with E-state index in [0.717, 1.165) is 23.6 Å². The van der Waals surface area contributed by atoms with Gasteiger partial charge in [-0.1, -0.05) is 6.07 Å². The molecule has 2 N–H and O–H groups in total. The zero-order chi connectivity index (χ0) is 11.2. The smallest absolute Gasteiger partial charge is 0.221 e. The minimum Gasteiger partial charge on any atom is -0.481 e. The lowest BCUT2D eigenvalue weighted by Gasteiger charge is -2.11. The van der Waals surface area contributed by atoms with E-state index in [2.05, 4.69) is 17.1 Å². The Kier molecular flexibility index (Phi) is 1.91. The lowest BCUT2D eigenvalue weighted by atomic mass is 10.0. The average Bonchev–Trinajstić information content (AvgIpc) is 3.07. The topological polar surface area (TPSA) is 48.1 Å². The number of aromatic nitrogens is 1. The highest BCUT2D eigenvalue weighted by molar-refractivity contribution is 5.87. The molecule has 0 atom stereocenters. The van der Waals surface area contributed by atoms with Gasteiger partial charge in [0.15, 0.2) is 0 Å². The van der Waals surface area contributed by atoms with Crippen LogP contribution in [0.5, 0.6) is 5.88 Å². The number of methoxy groups -OCH3 is 1. The number of nitrogens with two attached hydrogens (primary N) is 1. The highest BCUT2D eigenvalue weighted by atomic mass is 16.5. The first-order valence-corrected chi connectivity index (χ1v) is 5.45. The lowest BCUT2D eigenvalue weighted by Crippen LogP contribution is -2.18. The van der Waals surface area contributed by atoms with Crippen molar-refractivity contribution in [3.63, 3.8) is 0 Å². The second-order valence-electron chi connectivity index (χ2n) is 4.41. The zero-order valence-electron chi connectivity index (χ0n) is 9.23. The van der Waals surface area contributed by atoms with E-state index in [1.165, 1.54) is 5.56 Å². The maximum absolute atomic E-state index is 6.18. The molecule has 2 aromatic rings. The molecule has 1 fully saturated rings. The molecular formula is C13H14N2O. The first-order valence-electron chi connectivity index (χ1n) is 5.45. The first kappa shape index (κ1) is 9.60. The molecule has 0 bridgehead atoms. The Labute approximate surface area is 94.2 Å². The molecule has 1 aliphatic rings. The summed E-state index contributed by atoms with van der Waals surface area (Å²) in [6.45, 7) is 0. The van der Waals surface area contributed by atoms with Gasteiger partial charge in [0.25, 0.3) is 0 Å². The van der Waals surface area contributed by atoms with Crippen LogP contribution < -0.4 is 10.5 Å². The SMILES string of the molecule is COc1nccc2cc(C3(N)CC3)ccc12. The molecule has 0 saturated heterocycles. The van der Waals surface area contributed by atoms with Crippen molar-refractivity contribution in [1.29, 1.82) is 0 Å². The van der Waals surface area contributed by atoms with E-state index in [4.69, 9.17) is 10.5 Å². The van der Waals surface area contributed by atoms with Gasteiger partial charge >= 0.3 is 0 Å². The number of hydrogen-bond donors (Lipinski definition) is 1. The molecule has 0 unspecified atom stereocenters. The standard InChI is InChI=1S/C13H14N2O/c1-16-12-11-3-2-10(13(14)5-6-13)8-9(11)4-7-15-12/h2-4,7-8H,5-6,14H2,1H3. The molecule has 16 heavy (non-hydrogen) atoms. The monoisotopic (exact) mass is 214 g/mol. The van der Waals surface area contributed by atoms with Gasteiger partial charge in [0, 0.05) is 17.1 Å². The quantitative estimate of drug-likeness (QED) is 0.833. The number of nitrogens with zero attached hydrogens (tertiary/aromatic N) is 1. The second-order valence-corrected chi connectivity index (χ2v) is 4.41. The average molecular weight is 214 g/mol. The fraction of sp³-hybridized carbons (Fsp3) is 0.308. The summed E-state index contributed by atoms with van der Waals surface area (Å²) in [6, 6.07) is 8.27. The van der Waals surface area contributed by atoms with Crippen molar-refractivity contribution in [3.05, 3.63) is 36.0 Å². The Bertz CT molecular complexity index is 547. The molecule has 1 heterocycles. The van der Waals surface area contributed by atoms with Gasteiger partial charge in [-0.3, -0.25) is 0 Å². The van der Waals surface area contributed by atoms with Gasteiger partial charge in [0.05, 0.1) is 7.11 Å². The molecule has 0 amide bonds. The van der Waals surface area contributed by atoms with Gasteiger partial charge in [0.1, 0.15) is 0 Å². The highest BCUT2D eigenvalue weighted by Crippen LogP contribution is 2.43. The molecule has 0 spiro atoms. The second kappa shape index (κ2) is 3.19. The van der Waals surface area contributed by atoms with Crippen LogP contribution in [-0.2, 0) is 5.54 Å². The summed E-state index contributed by atoms with van der Waals surface area (Å²) in [5, 5.41) is 2.18. The largest absolute Gasteiger partial charge is 0.481 e. The Morgan fingerprint density at radius 1 is 1.31 bits per heavy atom. The predicted molar refractivity (Wildman–Crippen MR) is 63.4 cm³/mol. The van der Waals surface area contributed by atoms with Crippen molar-refractivity contribution in [3.8, 4) is 5.88 Å². The molecule has 0 aliphatic heterocycles. The summed E-state index contributed by atoms with van der Waals surface area (Å²) in [5.41, 5.74) is 7.32. The van der Waals surface area contributed by atoms with Crippen molar-refractivity contribution < 1.29 is 4.74 Å². The Morgan fingerprint density at radius 2 is 2.12 bits per heavy atom. The van der Waals surface area contributed by atoms with E-state index in [0.29, 0.717) is 5.88 Å². The van der Waals surface area contributed by atoms with Crippen LogP contribution in [0.4, 0.5) is 0 Å². The molecule has 1 aromatic carbocycles. The minimum absolute atomic E-state index is 0.0787. The number of pyridine rings is 1. The summed E-state index contributed by atoms with van der Waals surface area (Å²) >= 11 is 0. The van der Waals surface area contributed by atoms with E-state index >= 15 is 0 Å². The third-order valence-electron chi connectivity index (χ3n) is 3.28. The number of ether oxygens (including phenoxy) is 1. The van der Waals surface area contributed by atoms with Crippen LogP contribution in [-0.4, -0.2) is 12.1 Å². The van der Waals surface area contributed by atoms with Gasteiger partial charge in [-0.25, -0.2) is 4.98 Å². The normalized spacial score (nSPS) is 17.4. The van der Waals surface area contributed by atoms with Crippen LogP contribution in [0.1, 0.15) is 18.4 Å². The zero-order valence-corrected chi connectivity index (χ0v) is 9.23. The lowest BCUT2D eigenvalue weighted by molar-refractivity contribution is 0.403. The summed E-state index contributed by atoms with van der Waals surface area (Å²) < 4.78 is 5.23. The maximum Gasteiger partial charge on any atom is 0.221 e. The Morgan fingerprint density at radius 3 is 2.81 bits per heavy atom. The number of fused-ring (bicyclic) bond motifs is 1. The predicted octanol–water partition coefficient (Wildman–Crippen LogP) is 2.19. The van der Waals surface area contributed by atoms with Crippen molar-refractivity contribution in [2.24, 2.45) is 5.73 Å². The molecular weight excluding hydrogens is 200 g/mol. The van der Waals surface area contributed by atoms with Crippen molar-refractivity contribution >= 4 is 10.8 Å². The molecule has 82 valence electrons. The third-order valence-corrected chi connectivity index (χ3v) is 3.28. The Balaban J connectivity index is 2.19. The van der Waals surface area contributed by atoms with Crippen molar-refractivity contribution in [1.82, 2.24) is 4.98 Å². The highest BCUT2D eigenvalue weighted by Gasteiger charge is 2.39. The molecule has 3 nitrogen and oxygen atoms in total. The van der Waals surface area contributed by atoms with E-state index in [9.17, 15) is 0 Å². The van der Waals surface area contributed by atoms with E-state index in [1.54, 1.807) is 13.3 Å². The fourth-order valence-corrected chi connectivity index (χ4v) is 2.05. The molecule has 1 aliphatic carbocycles. The summed E-state index contributed by atoms with van der Waals surface area (Å²) in [5.74, 6) is 0.672. The summed E-state index contributed by atoms with van der Waals surface area (Å²) in [6.07, 6.45) is 3.93. The number of rotatable bonds is 2. The van der Waals surface area contributed by atoms with Crippen molar-refractivity contribution in [2.45, 2.75) is 18.4 Å². The van der Waals surface area contributed by atoms with Crippen molar-refractivity contribution in [2.75, 3.05) is 7.11 Å². The molecule has 1 aromatic heterocycles. The summed E-state index contributed by atoms with van der Waals surface area (Å²) in [4.78, 5) is 4.18. The number of benzene rings is 1. The van der Waals surface area contributed by atoms with Gasteiger partial charge in [-0.2, -0.15) is 0 Å². The maximum atomic E-state index is 6.18. The minimum atomic E-state index is -0.0787. The van der Waals surface area contributed by atoms with Crippen LogP contribution in [0.15, 0.2) is 30.5 Å². The summed E-state index contributed by atoms with van der Waals surface area (Å²) in [7, 11) is 1.64. The van der Waals surface area contributed by atoms with Crippen LogP contribution in [0.2, 0.25) is 0 Å². The van der Waals surface area contributed by atoms with E-state index < -0.39 is 0 Å².